The van der Waals surface area contributed by atoms with Crippen LogP contribution in [0, 0.1) is 0 Å². The molecule has 0 bridgehead atoms. The number of thiophene rings is 1. The summed E-state index contributed by atoms with van der Waals surface area (Å²) >= 11 is 2.32. The number of amides is 3. The molecule has 2 fully saturated rings. The monoisotopic (exact) mass is 412 g/mol. The molecule has 2 aromatic rings. The number of benzene rings is 1. The van der Waals surface area contributed by atoms with E-state index in [-0.39, 0.29) is 18.2 Å². The van der Waals surface area contributed by atoms with Gasteiger partial charge in [-0.3, -0.25) is 24.1 Å². The number of hydrogen-bond acceptors (Lipinski definition) is 6. The number of carbonyl (C=O) groups is 4. The summed E-state index contributed by atoms with van der Waals surface area (Å²) in [7, 11) is 0. The number of nitrogens with zero attached hydrogens (tertiary/aromatic N) is 2. The van der Waals surface area contributed by atoms with E-state index < -0.39 is 11.1 Å². The Morgan fingerprint density at radius 1 is 1.11 bits per heavy atom. The van der Waals surface area contributed by atoms with Crippen LogP contribution in [0.4, 0.5) is 10.5 Å². The molecule has 2 saturated heterocycles. The van der Waals surface area contributed by atoms with Crippen molar-refractivity contribution in [2.24, 2.45) is 0 Å². The summed E-state index contributed by atoms with van der Waals surface area (Å²) in [4.78, 5) is 52.9. The van der Waals surface area contributed by atoms with Gasteiger partial charge in [0.2, 0.25) is 5.91 Å². The van der Waals surface area contributed by atoms with E-state index in [2.05, 4.69) is 0 Å². The van der Waals surface area contributed by atoms with Crippen LogP contribution in [-0.4, -0.2) is 40.8 Å². The van der Waals surface area contributed by atoms with Gasteiger partial charge in [0.25, 0.3) is 11.1 Å². The summed E-state index contributed by atoms with van der Waals surface area (Å²) in [5.74, 6) is -0.690. The van der Waals surface area contributed by atoms with E-state index in [1.807, 2.05) is 17.5 Å². The zero-order valence-electron chi connectivity index (χ0n) is 14.8. The van der Waals surface area contributed by atoms with Crippen molar-refractivity contribution in [1.82, 2.24) is 4.90 Å². The molecule has 0 N–H and O–H groups in total. The van der Waals surface area contributed by atoms with Crippen LogP contribution in [0.5, 0.6) is 0 Å². The van der Waals surface area contributed by atoms with Gasteiger partial charge in [-0.2, -0.15) is 0 Å². The fourth-order valence-corrected chi connectivity index (χ4v) is 4.68. The average Bonchev–Trinajstić information content (AvgIpc) is 3.41. The molecule has 4 rings (SSSR count). The second-order valence-corrected chi connectivity index (χ2v) is 8.37. The van der Waals surface area contributed by atoms with E-state index >= 15 is 0 Å². The summed E-state index contributed by atoms with van der Waals surface area (Å²) < 4.78 is 0. The molecule has 3 heterocycles. The van der Waals surface area contributed by atoms with Gasteiger partial charge in [-0.1, -0.05) is 6.07 Å². The van der Waals surface area contributed by atoms with Crippen LogP contribution in [-0.2, 0) is 9.59 Å². The minimum absolute atomic E-state index is 0.0782. The van der Waals surface area contributed by atoms with Crippen LogP contribution in [0.1, 0.15) is 28.1 Å². The van der Waals surface area contributed by atoms with Crippen LogP contribution in [0.3, 0.4) is 0 Å². The van der Waals surface area contributed by atoms with Crippen LogP contribution in [0.25, 0.3) is 6.08 Å². The topological polar surface area (TPSA) is 74.8 Å². The molecule has 6 nitrogen and oxygen atoms in total. The number of carbonyl (C=O) groups excluding carboxylic acids is 4. The zero-order chi connectivity index (χ0) is 19.7. The SMILES string of the molecule is O=C(CN1C(=O)S/C(=C/c2cccs2)C1=O)c1ccc(N2CCCC2=O)cc1. The molecule has 0 spiro atoms. The van der Waals surface area contributed by atoms with Crippen molar-refractivity contribution in [3.63, 3.8) is 0 Å². The average molecular weight is 412 g/mol. The highest BCUT2D eigenvalue weighted by Crippen LogP contribution is 2.33. The second-order valence-electron chi connectivity index (χ2n) is 6.40. The highest BCUT2D eigenvalue weighted by molar-refractivity contribution is 8.18. The standard InChI is InChI=1S/C20H16N2O4S2/c23-16(13-5-7-14(8-6-13)21-9-1-4-18(21)24)12-22-19(25)17(28-20(22)26)11-15-3-2-10-27-15/h2-3,5-8,10-11H,1,4,9,12H2/b17-11+. The van der Waals surface area contributed by atoms with Crippen LogP contribution >= 0.6 is 23.1 Å². The maximum Gasteiger partial charge on any atom is 0.293 e. The van der Waals surface area contributed by atoms with Crippen molar-refractivity contribution in [1.29, 1.82) is 0 Å². The smallest absolute Gasteiger partial charge is 0.293 e. The van der Waals surface area contributed by atoms with Crippen molar-refractivity contribution in [2.45, 2.75) is 12.8 Å². The Balaban J connectivity index is 1.45. The Kier molecular flexibility index (Phi) is 5.15. The van der Waals surface area contributed by atoms with E-state index in [0.29, 0.717) is 23.4 Å². The lowest BCUT2D eigenvalue weighted by atomic mass is 10.1. The Hall–Kier alpha value is -2.71. The number of anilines is 1. The van der Waals surface area contributed by atoms with Gasteiger partial charge in [0.1, 0.15) is 0 Å². The quantitative estimate of drug-likeness (QED) is 0.552. The van der Waals surface area contributed by atoms with Gasteiger partial charge < -0.3 is 4.90 Å². The van der Waals surface area contributed by atoms with Gasteiger partial charge in [0.05, 0.1) is 11.4 Å². The molecule has 0 aliphatic carbocycles. The molecular formula is C20H16N2O4S2. The second kappa shape index (κ2) is 7.73. The zero-order valence-corrected chi connectivity index (χ0v) is 16.4. The van der Waals surface area contributed by atoms with E-state index in [1.165, 1.54) is 11.3 Å². The van der Waals surface area contributed by atoms with E-state index in [0.717, 1.165) is 33.6 Å². The normalized spacial score (nSPS) is 18.6. The molecule has 8 heteroatoms. The molecule has 1 aromatic heterocycles. The number of imide groups is 1. The minimum Gasteiger partial charge on any atom is -0.312 e. The van der Waals surface area contributed by atoms with Crippen LogP contribution in [0.15, 0.2) is 46.7 Å². The first kappa shape index (κ1) is 18.6. The molecule has 0 radical (unpaired) electrons. The van der Waals surface area contributed by atoms with E-state index in [4.69, 9.17) is 0 Å². The lowest BCUT2D eigenvalue weighted by Crippen LogP contribution is -2.33. The lowest BCUT2D eigenvalue weighted by Gasteiger charge is -2.16. The Morgan fingerprint density at radius 2 is 1.89 bits per heavy atom. The molecule has 1 aromatic carbocycles. The summed E-state index contributed by atoms with van der Waals surface area (Å²) in [6, 6.07) is 10.4. The molecule has 0 saturated carbocycles. The highest BCUT2D eigenvalue weighted by atomic mass is 32.2. The predicted molar refractivity (Wildman–Crippen MR) is 109 cm³/mol. The third-order valence-corrected chi connectivity index (χ3v) is 6.29. The third kappa shape index (κ3) is 3.65. The van der Waals surface area contributed by atoms with Crippen LogP contribution in [0.2, 0.25) is 0 Å². The van der Waals surface area contributed by atoms with Gasteiger partial charge in [-0.25, -0.2) is 0 Å². The summed E-state index contributed by atoms with van der Waals surface area (Å²) in [5.41, 5.74) is 1.15. The van der Waals surface area contributed by atoms with Crippen molar-refractivity contribution in [3.05, 3.63) is 57.1 Å². The van der Waals surface area contributed by atoms with Crippen molar-refractivity contribution in [2.75, 3.05) is 18.0 Å². The van der Waals surface area contributed by atoms with Gasteiger partial charge in [0.15, 0.2) is 5.78 Å². The molecular weight excluding hydrogens is 396 g/mol. The lowest BCUT2D eigenvalue weighted by molar-refractivity contribution is -0.122. The van der Waals surface area contributed by atoms with Gasteiger partial charge >= 0.3 is 0 Å². The largest absolute Gasteiger partial charge is 0.312 e. The molecule has 3 amide bonds. The molecule has 28 heavy (non-hydrogen) atoms. The molecule has 142 valence electrons. The highest BCUT2D eigenvalue weighted by Gasteiger charge is 2.36. The molecule has 0 atom stereocenters. The summed E-state index contributed by atoms with van der Waals surface area (Å²) in [6.45, 7) is 0.383. The minimum atomic E-state index is -0.448. The summed E-state index contributed by atoms with van der Waals surface area (Å²) in [6.07, 6.45) is 3.04. The number of thioether (sulfide) groups is 1. The molecule has 0 unspecified atom stereocenters. The maximum absolute atomic E-state index is 12.6. The molecule has 2 aliphatic rings. The molecule has 2 aliphatic heterocycles. The Labute approximate surface area is 169 Å². The van der Waals surface area contributed by atoms with Gasteiger partial charge in [-0.05, 0) is 60.0 Å². The first-order chi connectivity index (χ1) is 13.5. The third-order valence-electron chi connectivity index (χ3n) is 4.57. The van der Waals surface area contributed by atoms with Crippen LogP contribution < -0.4 is 4.90 Å². The maximum atomic E-state index is 12.6. The van der Waals surface area contributed by atoms with Crippen molar-refractivity contribution >= 4 is 57.7 Å². The van der Waals surface area contributed by atoms with E-state index in [1.54, 1.807) is 35.2 Å². The Bertz CT molecular complexity index is 980. The van der Waals surface area contributed by atoms with Crippen molar-refractivity contribution < 1.29 is 19.2 Å². The summed E-state index contributed by atoms with van der Waals surface area (Å²) in [5, 5.41) is 1.44. The fourth-order valence-electron chi connectivity index (χ4n) is 3.12. The predicted octanol–water partition coefficient (Wildman–Crippen LogP) is 3.79. The fraction of sp³-hybridized carbons (Fsp3) is 0.200. The number of hydrogen-bond donors (Lipinski definition) is 0. The van der Waals surface area contributed by atoms with Gasteiger partial charge in [-0.15, -0.1) is 11.3 Å². The number of Topliss-reactive ketones (excluding diaryl/α,β-unsaturated/α-hetero) is 1. The van der Waals surface area contributed by atoms with Gasteiger partial charge in [0, 0.05) is 29.1 Å². The Morgan fingerprint density at radius 3 is 2.54 bits per heavy atom. The number of ketones is 1. The first-order valence-electron chi connectivity index (χ1n) is 8.75. The van der Waals surface area contributed by atoms with Crippen molar-refractivity contribution in [3.8, 4) is 0 Å². The van der Waals surface area contributed by atoms with E-state index in [9.17, 15) is 19.2 Å². The number of rotatable bonds is 5. The first-order valence-corrected chi connectivity index (χ1v) is 10.4.